The third-order valence-corrected chi connectivity index (χ3v) is 3.28. The second-order valence-electron chi connectivity index (χ2n) is 5.35. The molecule has 1 atom stereocenters. The third-order valence-electron chi connectivity index (χ3n) is 3.28. The van der Waals surface area contributed by atoms with Crippen LogP contribution in [0.15, 0.2) is 47.1 Å². The smallest absolute Gasteiger partial charge is 0.258 e. The number of aliphatic hydroxyl groups is 1. The minimum absolute atomic E-state index is 0.0853. The molecule has 22 heavy (non-hydrogen) atoms. The maximum Gasteiger partial charge on any atom is 0.258 e. The molecule has 1 unspecified atom stereocenters. The number of rotatable bonds is 7. The summed E-state index contributed by atoms with van der Waals surface area (Å²) >= 11 is 0. The molecule has 5 nitrogen and oxygen atoms in total. The lowest BCUT2D eigenvalue weighted by molar-refractivity contribution is -0.123. The summed E-state index contributed by atoms with van der Waals surface area (Å²) in [5, 5.41) is 12.4. The van der Waals surface area contributed by atoms with E-state index >= 15 is 0 Å². The van der Waals surface area contributed by atoms with E-state index < -0.39 is 6.10 Å². The molecule has 2 aromatic rings. The highest BCUT2D eigenvalue weighted by Gasteiger charge is 2.12. The summed E-state index contributed by atoms with van der Waals surface area (Å²) in [6.45, 7) is 4.23. The zero-order chi connectivity index (χ0) is 15.9. The van der Waals surface area contributed by atoms with Crippen LogP contribution in [-0.2, 0) is 4.79 Å². The number of hydrogen-bond donors (Lipinski definition) is 2. The second kappa shape index (κ2) is 7.66. The number of amides is 1. The summed E-state index contributed by atoms with van der Waals surface area (Å²) in [6, 6.07) is 11.0. The van der Waals surface area contributed by atoms with Gasteiger partial charge in [0, 0.05) is 0 Å². The minimum Gasteiger partial charge on any atom is -0.484 e. The van der Waals surface area contributed by atoms with Crippen LogP contribution in [0.25, 0.3) is 0 Å². The fourth-order valence-electron chi connectivity index (χ4n) is 1.94. The Morgan fingerprint density at radius 1 is 1.27 bits per heavy atom. The average molecular weight is 303 g/mol. The minimum atomic E-state index is -0.857. The van der Waals surface area contributed by atoms with Gasteiger partial charge >= 0.3 is 0 Å². The monoisotopic (exact) mass is 303 g/mol. The Morgan fingerprint density at radius 3 is 2.59 bits per heavy atom. The van der Waals surface area contributed by atoms with Gasteiger partial charge < -0.3 is 19.6 Å². The number of carbonyl (C=O) groups excluding carboxylic acids is 1. The molecule has 0 radical (unpaired) electrons. The van der Waals surface area contributed by atoms with Crippen LogP contribution in [0.5, 0.6) is 5.75 Å². The number of furan rings is 1. The Morgan fingerprint density at radius 2 is 2.00 bits per heavy atom. The normalized spacial score (nSPS) is 12.2. The van der Waals surface area contributed by atoms with E-state index in [1.54, 1.807) is 12.1 Å². The van der Waals surface area contributed by atoms with Crippen LogP contribution in [0, 0.1) is 0 Å². The van der Waals surface area contributed by atoms with Crippen molar-refractivity contribution in [2.24, 2.45) is 0 Å². The summed E-state index contributed by atoms with van der Waals surface area (Å²) in [7, 11) is 0. The van der Waals surface area contributed by atoms with E-state index in [1.165, 1.54) is 11.8 Å². The van der Waals surface area contributed by atoms with E-state index in [0.717, 1.165) is 0 Å². The van der Waals surface area contributed by atoms with Crippen molar-refractivity contribution in [2.75, 3.05) is 13.2 Å². The first-order valence-corrected chi connectivity index (χ1v) is 7.27. The van der Waals surface area contributed by atoms with E-state index in [2.05, 4.69) is 19.2 Å². The molecule has 2 rings (SSSR count). The first kappa shape index (κ1) is 16.1. The Hall–Kier alpha value is -2.27. The van der Waals surface area contributed by atoms with Crippen molar-refractivity contribution in [1.29, 1.82) is 0 Å². The van der Waals surface area contributed by atoms with Gasteiger partial charge in [0.1, 0.15) is 17.6 Å². The van der Waals surface area contributed by atoms with Gasteiger partial charge in [-0.1, -0.05) is 26.0 Å². The molecule has 1 aromatic carbocycles. The maximum absolute atomic E-state index is 11.7. The van der Waals surface area contributed by atoms with Crippen LogP contribution in [-0.4, -0.2) is 24.2 Å². The van der Waals surface area contributed by atoms with E-state index in [9.17, 15) is 9.90 Å². The van der Waals surface area contributed by atoms with Gasteiger partial charge in [-0.25, -0.2) is 0 Å². The molecular formula is C17H21NO4. The van der Waals surface area contributed by atoms with E-state index in [0.29, 0.717) is 17.4 Å². The van der Waals surface area contributed by atoms with Gasteiger partial charge in [0.25, 0.3) is 5.91 Å². The number of hydrogen-bond acceptors (Lipinski definition) is 4. The largest absolute Gasteiger partial charge is 0.484 e. The maximum atomic E-state index is 11.7. The van der Waals surface area contributed by atoms with Gasteiger partial charge in [-0.3, -0.25) is 4.79 Å². The summed E-state index contributed by atoms with van der Waals surface area (Å²) < 4.78 is 10.5. The zero-order valence-electron chi connectivity index (χ0n) is 12.8. The lowest BCUT2D eigenvalue weighted by atomic mass is 10.0. The molecule has 0 aliphatic carbocycles. The molecule has 0 bridgehead atoms. The second-order valence-corrected chi connectivity index (χ2v) is 5.35. The third kappa shape index (κ3) is 4.63. The standard InChI is InChI=1S/C17H21NO4/c1-12(2)13-5-7-14(8-6-13)22-11-17(20)18-10-15(19)16-4-3-9-21-16/h3-9,12,15,19H,10-11H2,1-2H3,(H,18,20). The number of aliphatic hydroxyl groups excluding tert-OH is 1. The Labute approximate surface area is 129 Å². The molecule has 0 aliphatic rings. The van der Waals surface area contributed by atoms with Crippen LogP contribution >= 0.6 is 0 Å². The number of carbonyl (C=O) groups is 1. The molecule has 1 heterocycles. The van der Waals surface area contributed by atoms with Crippen molar-refractivity contribution in [3.8, 4) is 5.75 Å². The average Bonchev–Trinajstić information content (AvgIpc) is 3.05. The Kier molecular flexibility index (Phi) is 5.61. The first-order chi connectivity index (χ1) is 10.6. The predicted octanol–water partition coefficient (Wildman–Crippen LogP) is 2.63. The van der Waals surface area contributed by atoms with Crippen molar-refractivity contribution in [2.45, 2.75) is 25.9 Å². The van der Waals surface area contributed by atoms with Crippen LogP contribution < -0.4 is 10.1 Å². The van der Waals surface area contributed by atoms with Crippen LogP contribution in [0.4, 0.5) is 0 Å². The van der Waals surface area contributed by atoms with Crippen LogP contribution in [0.2, 0.25) is 0 Å². The number of ether oxygens (including phenoxy) is 1. The van der Waals surface area contributed by atoms with Gasteiger partial charge in [-0.05, 0) is 35.7 Å². The molecule has 0 aliphatic heterocycles. The topological polar surface area (TPSA) is 71.7 Å². The van der Waals surface area contributed by atoms with Crippen molar-refractivity contribution < 1.29 is 19.1 Å². The zero-order valence-corrected chi connectivity index (χ0v) is 12.8. The summed E-state index contributed by atoms with van der Waals surface area (Å²) in [5.41, 5.74) is 1.22. The SMILES string of the molecule is CC(C)c1ccc(OCC(=O)NCC(O)c2ccco2)cc1. The summed E-state index contributed by atoms with van der Waals surface area (Å²) in [6.07, 6.45) is 0.619. The van der Waals surface area contributed by atoms with E-state index in [4.69, 9.17) is 9.15 Å². The Bertz CT molecular complexity index is 575. The predicted molar refractivity (Wildman–Crippen MR) is 82.7 cm³/mol. The molecule has 0 saturated carbocycles. The summed E-state index contributed by atoms with van der Waals surface area (Å²) in [5.74, 6) is 1.23. The number of nitrogens with one attached hydrogen (secondary N) is 1. The molecule has 1 amide bonds. The van der Waals surface area contributed by atoms with Gasteiger partial charge in [0.2, 0.25) is 0 Å². The number of benzene rings is 1. The van der Waals surface area contributed by atoms with Crippen LogP contribution in [0.3, 0.4) is 0 Å². The molecule has 118 valence electrons. The molecule has 2 N–H and O–H groups in total. The molecular weight excluding hydrogens is 282 g/mol. The highest BCUT2D eigenvalue weighted by molar-refractivity contribution is 5.77. The van der Waals surface area contributed by atoms with Crippen LogP contribution in [0.1, 0.15) is 37.2 Å². The van der Waals surface area contributed by atoms with Gasteiger partial charge in [0.15, 0.2) is 6.61 Å². The molecule has 1 aromatic heterocycles. The quantitative estimate of drug-likeness (QED) is 0.825. The van der Waals surface area contributed by atoms with Crippen molar-refractivity contribution in [1.82, 2.24) is 5.32 Å². The Balaban J connectivity index is 1.73. The molecule has 0 fully saturated rings. The van der Waals surface area contributed by atoms with E-state index in [-0.39, 0.29) is 19.1 Å². The lowest BCUT2D eigenvalue weighted by Gasteiger charge is -2.11. The van der Waals surface area contributed by atoms with Crippen molar-refractivity contribution >= 4 is 5.91 Å². The van der Waals surface area contributed by atoms with Crippen molar-refractivity contribution in [3.63, 3.8) is 0 Å². The van der Waals surface area contributed by atoms with Gasteiger partial charge in [-0.2, -0.15) is 0 Å². The highest BCUT2D eigenvalue weighted by Crippen LogP contribution is 2.18. The lowest BCUT2D eigenvalue weighted by Crippen LogP contribution is -2.32. The molecule has 5 heteroatoms. The highest BCUT2D eigenvalue weighted by atomic mass is 16.5. The van der Waals surface area contributed by atoms with Gasteiger partial charge in [0.05, 0.1) is 12.8 Å². The first-order valence-electron chi connectivity index (χ1n) is 7.27. The molecule has 0 spiro atoms. The van der Waals surface area contributed by atoms with Crippen molar-refractivity contribution in [3.05, 3.63) is 54.0 Å². The fraction of sp³-hybridized carbons (Fsp3) is 0.353. The summed E-state index contributed by atoms with van der Waals surface area (Å²) in [4.78, 5) is 11.7. The fourth-order valence-corrected chi connectivity index (χ4v) is 1.94. The molecule has 0 saturated heterocycles. The van der Waals surface area contributed by atoms with E-state index in [1.807, 2.05) is 24.3 Å². The van der Waals surface area contributed by atoms with Gasteiger partial charge in [-0.15, -0.1) is 0 Å².